The van der Waals surface area contributed by atoms with Crippen LogP contribution in [0.4, 0.5) is 10.8 Å². The first kappa shape index (κ1) is 22.2. The molecular formula is C23H20N4O5S. The molecule has 4 rings (SSSR count). The van der Waals surface area contributed by atoms with Crippen LogP contribution in [0.3, 0.4) is 0 Å². The molecule has 2 aromatic carbocycles. The molecule has 0 saturated heterocycles. The van der Waals surface area contributed by atoms with Gasteiger partial charge in [0.15, 0.2) is 16.6 Å². The van der Waals surface area contributed by atoms with Crippen LogP contribution in [-0.2, 0) is 6.54 Å². The Bertz CT molecular complexity index is 1340. The Labute approximate surface area is 193 Å². The molecule has 1 amide bonds. The predicted octanol–water partition coefficient (Wildman–Crippen LogP) is 4.77. The van der Waals surface area contributed by atoms with Gasteiger partial charge in [-0.3, -0.25) is 24.8 Å². The molecule has 33 heavy (non-hydrogen) atoms. The number of ether oxygens (including phenoxy) is 2. The Balaban J connectivity index is 1.86. The molecule has 0 aliphatic heterocycles. The molecule has 0 spiro atoms. The SMILES string of the molecule is COc1cc(C(=O)N(Cc2cccnc2)c2nc3ccc(C)cc3s2)c([N+](=O)[O-])cc1OC. The van der Waals surface area contributed by atoms with Gasteiger partial charge in [0.05, 0.1) is 42.0 Å². The fraction of sp³-hybridized carbons (Fsp3) is 0.174. The van der Waals surface area contributed by atoms with Crippen LogP contribution in [0, 0.1) is 17.0 Å². The lowest BCUT2D eigenvalue weighted by Gasteiger charge is -2.20. The van der Waals surface area contributed by atoms with E-state index in [-0.39, 0.29) is 29.3 Å². The maximum absolute atomic E-state index is 13.8. The molecule has 168 valence electrons. The second kappa shape index (κ2) is 9.21. The summed E-state index contributed by atoms with van der Waals surface area (Å²) in [5.74, 6) is -0.204. The standard InChI is InChI=1S/C23H20N4O5S/c1-14-6-7-17-21(9-14)33-23(25-17)26(13-15-5-4-8-24-12-15)22(28)16-10-19(31-2)20(32-3)11-18(16)27(29)30/h4-12H,13H2,1-3H3. The van der Waals surface area contributed by atoms with Crippen molar-refractivity contribution >= 4 is 38.3 Å². The van der Waals surface area contributed by atoms with E-state index in [1.165, 1.54) is 42.6 Å². The van der Waals surface area contributed by atoms with Gasteiger partial charge in [0, 0.05) is 18.5 Å². The van der Waals surface area contributed by atoms with Crippen LogP contribution in [0.15, 0.2) is 54.9 Å². The number of thiazole rings is 1. The number of benzene rings is 2. The van der Waals surface area contributed by atoms with E-state index in [4.69, 9.17) is 9.47 Å². The van der Waals surface area contributed by atoms with E-state index in [1.807, 2.05) is 31.2 Å². The summed E-state index contributed by atoms with van der Waals surface area (Å²) in [5.41, 5.74) is 2.05. The van der Waals surface area contributed by atoms with E-state index in [9.17, 15) is 14.9 Å². The average molecular weight is 465 g/mol. The van der Waals surface area contributed by atoms with Crippen molar-refractivity contribution < 1.29 is 19.2 Å². The number of anilines is 1. The summed E-state index contributed by atoms with van der Waals surface area (Å²) in [6.07, 6.45) is 3.27. The van der Waals surface area contributed by atoms with Crippen molar-refractivity contribution in [1.29, 1.82) is 0 Å². The fourth-order valence-electron chi connectivity index (χ4n) is 3.37. The van der Waals surface area contributed by atoms with E-state index in [0.717, 1.165) is 21.3 Å². The van der Waals surface area contributed by atoms with Gasteiger partial charge in [-0.05, 0) is 36.2 Å². The number of aromatic nitrogens is 2. The van der Waals surface area contributed by atoms with E-state index in [0.29, 0.717) is 5.13 Å². The van der Waals surface area contributed by atoms with Crippen LogP contribution >= 0.6 is 11.3 Å². The Hall–Kier alpha value is -4.05. The number of amides is 1. The van der Waals surface area contributed by atoms with Gasteiger partial charge in [-0.25, -0.2) is 4.98 Å². The van der Waals surface area contributed by atoms with Gasteiger partial charge in [-0.1, -0.05) is 23.5 Å². The molecule has 0 saturated carbocycles. The third kappa shape index (κ3) is 4.46. The van der Waals surface area contributed by atoms with Crippen LogP contribution in [-0.4, -0.2) is 35.0 Å². The van der Waals surface area contributed by atoms with Gasteiger partial charge in [-0.15, -0.1) is 0 Å². The number of nitrogens with zero attached hydrogens (tertiary/aromatic N) is 4. The molecule has 0 aliphatic carbocycles. The number of nitro benzene ring substituents is 1. The topological polar surface area (TPSA) is 108 Å². The highest BCUT2D eigenvalue weighted by Crippen LogP contribution is 2.37. The predicted molar refractivity (Wildman–Crippen MR) is 125 cm³/mol. The maximum Gasteiger partial charge on any atom is 0.286 e. The highest BCUT2D eigenvalue weighted by atomic mass is 32.1. The number of pyridine rings is 1. The number of carbonyl (C=O) groups is 1. The minimum atomic E-state index is -0.612. The number of nitro groups is 1. The first-order valence-electron chi connectivity index (χ1n) is 9.89. The lowest BCUT2D eigenvalue weighted by Crippen LogP contribution is -2.31. The Kier molecular flexibility index (Phi) is 6.18. The van der Waals surface area contributed by atoms with Gasteiger partial charge in [0.25, 0.3) is 11.6 Å². The highest BCUT2D eigenvalue weighted by molar-refractivity contribution is 7.22. The molecular weight excluding hydrogens is 444 g/mol. The Morgan fingerprint density at radius 3 is 2.58 bits per heavy atom. The molecule has 4 aromatic rings. The van der Waals surface area contributed by atoms with E-state index >= 15 is 0 Å². The van der Waals surface area contributed by atoms with Gasteiger partial charge in [0.1, 0.15) is 5.56 Å². The van der Waals surface area contributed by atoms with Crippen molar-refractivity contribution in [2.75, 3.05) is 19.1 Å². The molecule has 0 bridgehead atoms. The Morgan fingerprint density at radius 2 is 1.91 bits per heavy atom. The number of methoxy groups -OCH3 is 2. The van der Waals surface area contributed by atoms with E-state index < -0.39 is 10.8 Å². The van der Waals surface area contributed by atoms with Crippen molar-refractivity contribution in [3.63, 3.8) is 0 Å². The monoisotopic (exact) mass is 464 g/mol. The lowest BCUT2D eigenvalue weighted by molar-refractivity contribution is -0.385. The number of carbonyl (C=O) groups excluding carboxylic acids is 1. The smallest absolute Gasteiger partial charge is 0.286 e. The average Bonchev–Trinajstić information content (AvgIpc) is 3.24. The molecule has 10 heteroatoms. The summed E-state index contributed by atoms with van der Waals surface area (Å²) in [7, 11) is 2.78. The van der Waals surface area contributed by atoms with Gasteiger partial charge >= 0.3 is 0 Å². The number of aryl methyl sites for hydroxylation is 1. The lowest BCUT2D eigenvalue weighted by atomic mass is 10.1. The molecule has 2 heterocycles. The van der Waals surface area contributed by atoms with Crippen molar-refractivity contribution in [2.45, 2.75) is 13.5 Å². The summed E-state index contributed by atoms with van der Waals surface area (Å²) in [6, 6.07) is 11.9. The molecule has 0 atom stereocenters. The number of hydrogen-bond donors (Lipinski definition) is 0. The summed E-state index contributed by atoms with van der Waals surface area (Å²) in [4.78, 5) is 35.1. The summed E-state index contributed by atoms with van der Waals surface area (Å²) in [5, 5.41) is 12.2. The molecule has 0 unspecified atom stereocenters. The Morgan fingerprint density at radius 1 is 1.15 bits per heavy atom. The van der Waals surface area contributed by atoms with Gasteiger partial charge < -0.3 is 9.47 Å². The van der Waals surface area contributed by atoms with Gasteiger partial charge in [-0.2, -0.15) is 0 Å². The molecule has 0 N–H and O–H groups in total. The number of rotatable bonds is 7. The van der Waals surface area contributed by atoms with Crippen molar-refractivity contribution in [3.8, 4) is 11.5 Å². The first-order chi connectivity index (χ1) is 15.9. The minimum Gasteiger partial charge on any atom is -0.493 e. The minimum absolute atomic E-state index is 0.128. The van der Waals surface area contributed by atoms with Crippen LogP contribution in [0.1, 0.15) is 21.5 Å². The number of hydrogen-bond acceptors (Lipinski definition) is 8. The van der Waals surface area contributed by atoms with Crippen LogP contribution < -0.4 is 14.4 Å². The molecule has 2 aromatic heterocycles. The maximum atomic E-state index is 13.8. The van der Waals surface area contributed by atoms with E-state index in [2.05, 4.69) is 9.97 Å². The van der Waals surface area contributed by atoms with Crippen molar-refractivity contribution in [2.24, 2.45) is 0 Å². The second-order valence-corrected chi connectivity index (χ2v) is 8.21. The molecule has 0 radical (unpaired) electrons. The summed E-state index contributed by atoms with van der Waals surface area (Å²) in [6.45, 7) is 2.11. The fourth-order valence-corrected chi connectivity index (χ4v) is 4.43. The molecule has 0 aliphatic rings. The molecule has 9 nitrogen and oxygen atoms in total. The van der Waals surface area contributed by atoms with Crippen LogP contribution in [0.25, 0.3) is 10.2 Å². The largest absolute Gasteiger partial charge is 0.493 e. The first-order valence-corrected chi connectivity index (χ1v) is 10.7. The van der Waals surface area contributed by atoms with Gasteiger partial charge in [0.2, 0.25) is 0 Å². The summed E-state index contributed by atoms with van der Waals surface area (Å²) < 4.78 is 11.4. The van der Waals surface area contributed by atoms with Crippen LogP contribution in [0.2, 0.25) is 0 Å². The molecule has 0 fully saturated rings. The zero-order valence-corrected chi connectivity index (χ0v) is 19.0. The third-order valence-corrected chi connectivity index (χ3v) is 6.04. The van der Waals surface area contributed by atoms with Crippen molar-refractivity contribution in [3.05, 3.63) is 81.7 Å². The van der Waals surface area contributed by atoms with Crippen LogP contribution in [0.5, 0.6) is 11.5 Å². The third-order valence-electron chi connectivity index (χ3n) is 5.00. The number of fused-ring (bicyclic) bond motifs is 1. The van der Waals surface area contributed by atoms with E-state index in [1.54, 1.807) is 18.5 Å². The normalized spacial score (nSPS) is 10.8. The quantitative estimate of drug-likeness (QED) is 0.286. The second-order valence-electron chi connectivity index (χ2n) is 7.20. The summed E-state index contributed by atoms with van der Waals surface area (Å²) >= 11 is 1.34. The van der Waals surface area contributed by atoms with Crippen molar-refractivity contribution in [1.82, 2.24) is 9.97 Å². The highest BCUT2D eigenvalue weighted by Gasteiger charge is 2.30. The zero-order chi connectivity index (χ0) is 23.5. The zero-order valence-electron chi connectivity index (χ0n) is 18.1.